The van der Waals surface area contributed by atoms with Crippen LogP contribution in [0.15, 0.2) is 0 Å². The maximum atomic E-state index is 9.07. The first kappa shape index (κ1) is 9.96. The van der Waals surface area contributed by atoms with E-state index in [9.17, 15) is 0 Å². The Morgan fingerprint density at radius 3 is 2.67 bits per heavy atom. The third-order valence-corrected chi connectivity index (χ3v) is 2.83. The zero-order chi connectivity index (χ0) is 8.97. The van der Waals surface area contributed by atoms with Gasteiger partial charge < -0.3 is 15.1 Å². The summed E-state index contributed by atoms with van der Waals surface area (Å²) in [5.74, 6) is 0.895. The molecule has 0 aromatic rings. The number of aliphatic hydroxyl groups excluding tert-OH is 2. The lowest BCUT2D eigenvalue weighted by atomic mass is 9.84. The van der Waals surface area contributed by atoms with Crippen LogP contribution in [0.2, 0.25) is 0 Å². The topological polar surface area (TPSA) is 43.7 Å². The third-order valence-electron chi connectivity index (χ3n) is 2.83. The van der Waals surface area contributed by atoms with E-state index in [-0.39, 0.29) is 13.2 Å². The molecule has 1 aliphatic heterocycles. The molecule has 3 nitrogen and oxygen atoms in total. The Labute approximate surface area is 74.0 Å². The van der Waals surface area contributed by atoms with Crippen molar-refractivity contribution in [2.24, 2.45) is 11.8 Å². The summed E-state index contributed by atoms with van der Waals surface area (Å²) in [4.78, 5) is 2.27. The van der Waals surface area contributed by atoms with Gasteiger partial charge in [0, 0.05) is 19.8 Å². The van der Waals surface area contributed by atoms with Crippen molar-refractivity contribution in [2.75, 3.05) is 33.4 Å². The highest BCUT2D eigenvalue weighted by molar-refractivity contribution is 4.78. The van der Waals surface area contributed by atoms with Gasteiger partial charge in [0.25, 0.3) is 0 Å². The SMILES string of the molecule is CN1CCC(CO)C(CCO)C1. The van der Waals surface area contributed by atoms with Gasteiger partial charge in [0.1, 0.15) is 0 Å². The lowest BCUT2D eigenvalue weighted by Crippen LogP contribution is -2.39. The molecule has 1 heterocycles. The number of piperidine rings is 1. The number of likely N-dealkylation sites (tertiary alicyclic amines) is 1. The molecule has 0 saturated carbocycles. The maximum Gasteiger partial charge on any atom is 0.0462 e. The smallest absolute Gasteiger partial charge is 0.0462 e. The Morgan fingerprint density at radius 2 is 2.08 bits per heavy atom. The summed E-state index contributed by atoms with van der Waals surface area (Å²) in [5, 5.41) is 17.9. The highest BCUT2D eigenvalue weighted by Crippen LogP contribution is 2.24. The van der Waals surface area contributed by atoms with Gasteiger partial charge in [-0.3, -0.25) is 0 Å². The predicted octanol–water partition coefficient (Wildman–Crippen LogP) is -0.0710. The van der Waals surface area contributed by atoms with Crippen molar-refractivity contribution in [1.29, 1.82) is 0 Å². The molecule has 3 heteroatoms. The van der Waals surface area contributed by atoms with E-state index in [0.717, 1.165) is 25.9 Å². The van der Waals surface area contributed by atoms with Gasteiger partial charge in [0.15, 0.2) is 0 Å². The van der Waals surface area contributed by atoms with Gasteiger partial charge in [-0.25, -0.2) is 0 Å². The van der Waals surface area contributed by atoms with Crippen LogP contribution in [0.5, 0.6) is 0 Å². The van der Waals surface area contributed by atoms with Crippen LogP contribution in [0.1, 0.15) is 12.8 Å². The first-order valence-corrected chi connectivity index (χ1v) is 4.68. The molecule has 1 aliphatic rings. The van der Waals surface area contributed by atoms with E-state index >= 15 is 0 Å². The fourth-order valence-electron chi connectivity index (χ4n) is 2.00. The van der Waals surface area contributed by atoms with Crippen LogP contribution in [0.4, 0.5) is 0 Å². The summed E-state index contributed by atoms with van der Waals surface area (Å²) in [6.07, 6.45) is 1.90. The summed E-state index contributed by atoms with van der Waals surface area (Å²) in [5.41, 5.74) is 0. The molecule has 1 fully saturated rings. The second-order valence-electron chi connectivity index (χ2n) is 3.77. The van der Waals surface area contributed by atoms with Crippen LogP contribution >= 0.6 is 0 Å². The Bertz CT molecular complexity index is 130. The zero-order valence-electron chi connectivity index (χ0n) is 7.74. The molecule has 0 bridgehead atoms. The number of hydrogen-bond donors (Lipinski definition) is 2. The van der Waals surface area contributed by atoms with Crippen molar-refractivity contribution < 1.29 is 10.2 Å². The predicted molar refractivity (Wildman–Crippen MR) is 47.9 cm³/mol. The van der Waals surface area contributed by atoms with E-state index in [1.54, 1.807) is 0 Å². The summed E-state index contributed by atoms with van der Waals surface area (Å²) in [7, 11) is 2.10. The van der Waals surface area contributed by atoms with Crippen LogP contribution in [0, 0.1) is 11.8 Å². The second kappa shape index (κ2) is 4.80. The van der Waals surface area contributed by atoms with Gasteiger partial charge in [0.05, 0.1) is 0 Å². The highest BCUT2D eigenvalue weighted by atomic mass is 16.3. The second-order valence-corrected chi connectivity index (χ2v) is 3.77. The molecule has 12 heavy (non-hydrogen) atoms. The van der Waals surface area contributed by atoms with Gasteiger partial charge in [-0.05, 0) is 38.3 Å². The molecule has 0 amide bonds. The van der Waals surface area contributed by atoms with Crippen molar-refractivity contribution in [3.63, 3.8) is 0 Å². The molecule has 2 unspecified atom stereocenters. The first-order valence-electron chi connectivity index (χ1n) is 4.68. The normalized spacial score (nSPS) is 32.2. The molecule has 1 saturated heterocycles. The third kappa shape index (κ3) is 2.44. The molecule has 0 aliphatic carbocycles. The molecule has 0 radical (unpaired) electrons. The highest BCUT2D eigenvalue weighted by Gasteiger charge is 2.26. The van der Waals surface area contributed by atoms with Crippen LogP contribution in [0.3, 0.4) is 0 Å². The average Bonchev–Trinajstić information content (AvgIpc) is 2.05. The molecule has 2 atom stereocenters. The quantitative estimate of drug-likeness (QED) is 0.628. The maximum absolute atomic E-state index is 9.07. The summed E-state index contributed by atoms with van der Waals surface area (Å²) in [6.45, 7) is 2.62. The molecule has 72 valence electrons. The van der Waals surface area contributed by atoms with Gasteiger partial charge >= 0.3 is 0 Å². The van der Waals surface area contributed by atoms with E-state index in [4.69, 9.17) is 10.2 Å². The average molecular weight is 173 g/mol. The molecule has 2 N–H and O–H groups in total. The van der Waals surface area contributed by atoms with E-state index in [2.05, 4.69) is 11.9 Å². The van der Waals surface area contributed by atoms with Gasteiger partial charge in [-0.15, -0.1) is 0 Å². The largest absolute Gasteiger partial charge is 0.396 e. The van der Waals surface area contributed by atoms with Crippen molar-refractivity contribution in [1.82, 2.24) is 4.90 Å². The van der Waals surface area contributed by atoms with Crippen molar-refractivity contribution >= 4 is 0 Å². The number of nitrogens with zero attached hydrogens (tertiary/aromatic N) is 1. The van der Waals surface area contributed by atoms with Crippen molar-refractivity contribution in [3.8, 4) is 0 Å². The number of hydrogen-bond acceptors (Lipinski definition) is 3. The summed E-state index contributed by atoms with van der Waals surface area (Å²) < 4.78 is 0. The lowest BCUT2D eigenvalue weighted by Gasteiger charge is -2.35. The molecule has 0 spiro atoms. The van der Waals surface area contributed by atoms with E-state index in [1.807, 2.05) is 0 Å². The van der Waals surface area contributed by atoms with Crippen LogP contribution < -0.4 is 0 Å². The van der Waals surface area contributed by atoms with Crippen molar-refractivity contribution in [3.05, 3.63) is 0 Å². The minimum absolute atomic E-state index is 0.245. The minimum Gasteiger partial charge on any atom is -0.396 e. The molecule has 0 aromatic heterocycles. The Hall–Kier alpha value is -0.120. The fraction of sp³-hybridized carbons (Fsp3) is 1.00. The Kier molecular flexibility index (Phi) is 3.98. The lowest BCUT2D eigenvalue weighted by molar-refractivity contribution is 0.0733. The molecule has 1 rings (SSSR count). The zero-order valence-corrected chi connectivity index (χ0v) is 7.74. The Morgan fingerprint density at radius 1 is 1.33 bits per heavy atom. The van der Waals surface area contributed by atoms with Gasteiger partial charge in [0.2, 0.25) is 0 Å². The van der Waals surface area contributed by atoms with Crippen molar-refractivity contribution in [2.45, 2.75) is 12.8 Å². The summed E-state index contributed by atoms with van der Waals surface area (Å²) >= 11 is 0. The molecular formula is C9H19NO2. The van der Waals surface area contributed by atoms with Gasteiger partial charge in [-0.1, -0.05) is 0 Å². The summed E-state index contributed by atoms with van der Waals surface area (Å²) in [6, 6.07) is 0. The van der Waals surface area contributed by atoms with Crippen LogP contribution in [0.25, 0.3) is 0 Å². The van der Waals surface area contributed by atoms with E-state index in [0.29, 0.717) is 11.8 Å². The van der Waals surface area contributed by atoms with Crippen LogP contribution in [-0.2, 0) is 0 Å². The number of rotatable bonds is 3. The first-order chi connectivity index (χ1) is 5.77. The standard InChI is InChI=1S/C9H19NO2/c1-10-4-2-9(7-12)8(6-10)3-5-11/h8-9,11-12H,2-7H2,1H3. The van der Waals surface area contributed by atoms with E-state index < -0.39 is 0 Å². The minimum atomic E-state index is 0.245. The molecule has 0 aromatic carbocycles. The fourth-order valence-corrected chi connectivity index (χ4v) is 2.00. The monoisotopic (exact) mass is 173 g/mol. The van der Waals surface area contributed by atoms with Crippen LogP contribution in [-0.4, -0.2) is 48.5 Å². The molecular weight excluding hydrogens is 154 g/mol. The Balaban J connectivity index is 2.40. The van der Waals surface area contributed by atoms with Gasteiger partial charge in [-0.2, -0.15) is 0 Å². The van der Waals surface area contributed by atoms with E-state index in [1.165, 1.54) is 0 Å². The number of aliphatic hydroxyl groups is 2.